The summed E-state index contributed by atoms with van der Waals surface area (Å²) < 4.78 is 0. The summed E-state index contributed by atoms with van der Waals surface area (Å²) in [6, 6.07) is 4.47. The fourth-order valence-corrected chi connectivity index (χ4v) is 3.41. The van der Waals surface area contributed by atoms with Gasteiger partial charge in [0.25, 0.3) is 0 Å². The highest BCUT2D eigenvalue weighted by molar-refractivity contribution is 7.11. The third-order valence-electron chi connectivity index (χ3n) is 3.50. The topological polar surface area (TPSA) is 12.0 Å². The molecule has 1 aliphatic carbocycles. The molecule has 2 rings (SSSR count). The molecule has 0 aliphatic heterocycles. The van der Waals surface area contributed by atoms with Gasteiger partial charge >= 0.3 is 0 Å². The van der Waals surface area contributed by atoms with E-state index in [0.717, 1.165) is 12.5 Å². The molecule has 16 heavy (non-hydrogen) atoms. The van der Waals surface area contributed by atoms with E-state index in [9.17, 15) is 0 Å². The molecule has 0 spiro atoms. The van der Waals surface area contributed by atoms with Crippen LogP contribution in [0.5, 0.6) is 0 Å². The lowest BCUT2D eigenvalue weighted by Gasteiger charge is -2.14. The van der Waals surface area contributed by atoms with Crippen molar-refractivity contribution in [3.05, 3.63) is 21.9 Å². The average Bonchev–Trinajstić information content (AvgIpc) is 2.54. The van der Waals surface area contributed by atoms with Gasteiger partial charge in [-0.2, -0.15) is 0 Å². The molecule has 1 aliphatic rings. The normalized spacial score (nSPS) is 18.6. The molecule has 2 heteroatoms. The molecule has 1 nitrogen and oxygen atoms in total. The summed E-state index contributed by atoms with van der Waals surface area (Å²) >= 11 is 1.92. The number of hydrogen-bond donors (Lipinski definition) is 1. The fraction of sp³-hybridized carbons (Fsp3) is 0.714. The van der Waals surface area contributed by atoms with Crippen molar-refractivity contribution in [2.75, 3.05) is 6.54 Å². The molecule has 0 amide bonds. The van der Waals surface area contributed by atoms with Crippen LogP contribution in [0.3, 0.4) is 0 Å². The Balaban J connectivity index is 1.67. The highest BCUT2D eigenvalue weighted by Crippen LogP contribution is 2.22. The van der Waals surface area contributed by atoms with E-state index in [1.807, 2.05) is 11.3 Å². The molecule has 0 aromatic carbocycles. The molecular formula is C14H23NS. The van der Waals surface area contributed by atoms with Gasteiger partial charge in [-0.05, 0) is 44.4 Å². The minimum atomic E-state index is 0.934. The third kappa shape index (κ3) is 3.91. The molecule has 0 radical (unpaired) electrons. The first kappa shape index (κ1) is 12.1. The Kier molecular flexibility index (Phi) is 4.86. The van der Waals surface area contributed by atoms with Crippen molar-refractivity contribution in [3.63, 3.8) is 0 Å². The molecule has 0 atom stereocenters. The van der Waals surface area contributed by atoms with Crippen LogP contribution in [0.2, 0.25) is 0 Å². The molecular weight excluding hydrogens is 214 g/mol. The van der Waals surface area contributed by atoms with Gasteiger partial charge in [0.2, 0.25) is 0 Å². The van der Waals surface area contributed by atoms with Crippen molar-refractivity contribution in [1.82, 2.24) is 5.32 Å². The van der Waals surface area contributed by atoms with Crippen molar-refractivity contribution in [3.8, 4) is 0 Å². The van der Waals surface area contributed by atoms with Crippen molar-refractivity contribution >= 4 is 11.3 Å². The van der Waals surface area contributed by atoms with Crippen molar-refractivity contribution in [1.29, 1.82) is 0 Å². The Bertz CT molecular complexity index is 297. The van der Waals surface area contributed by atoms with Gasteiger partial charge in [0.05, 0.1) is 0 Å². The van der Waals surface area contributed by atoms with E-state index in [0.29, 0.717) is 0 Å². The Morgan fingerprint density at radius 3 is 2.56 bits per heavy atom. The van der Waals surface area contributed by atoms with Crippen LogP contribution >= 0.6 is 11.3 Å². The quantitative estimate of drug-likeness (QED) is 0.777. The predicted molar refractivity (Wildman–Crippen MR) is 72.0 cm³/mol. The van der Waals surface area contributed by atoms with Gasteiger partial charge in [-0.1, -0.05) is 25.7 Å². The van der Waals surface area contributed by atoms with E-state index < -0.39 is 0 Å². The summed E-state index contributed by atoms with van der Waals surface area (Å²) in [5, 5.41) is 3.62. The standard InChI is InChI=1S/C14H23NS/c1-12-8-9-14(16-12)11-15-10-13-6-4-2-3-5-7-13/h8-9,13,15H,2-7,10-11H2,1H3. The number of rotatable bonds is 4. The molecule has 1 aromatic rings. The fourth-order valence-electron chi connectivity index (χ4n) is 2.55. The largest absolute Gasteiger partial charge is 0.312 e. The summed E-state index contributed by atoms with van der Waals surface area (Å²) in [6.45, 7) is 4.46. The van der Waals surface area contributed by atoms with Crippen molar-refractivity contribution in [2.24, 2.45) is 5.92 Å². The van der Waals surface area contributed by atoms with Gasteiger partial charge in [0, 0.05) is 16.3 Å². The van der Waals surface area contributed by atoms with Crippen LogP contribution in [0.25, 0.3) is 0 Å². The summed E-state index contributed by atoms with van der Waals surface area (Å²) in [7, 11) is 0. The zero-order valence-corrected chi connectivity index (χ0v) is 11.1. The maximum atomic E-state index is 3.62. The molecule has 0 bridgehead atoms. The molecule has 1 fully saturated rings. The number of aryl methyl sites for hydroxylation is 1. The van der Waals surface area contributed by atoms with Crippen LogP contribution < -0.4 is 5.32 Å². The first-order valence-corrected chi connectivity index (χ1v) is 7.42. The van der Waals surface area contributed by atoms with Crippen LogP contribution in [0.1, 0.15) is 48.3 Å². The first-order chi connectivity index (χ1) is 7.84. The molecule has 1 aromatic heterocycles. The van der Waals surface area contributed by atoms with Crippen LogP contribution in [0, 0.1) is 12.8 Å². The Labute approximate surface area is 103 Å². The number of hydrogen-bond acceptors (Lipinski definition) is 2. The lowest BCUT2D eigenvalue weighted by molar-refractivity contribution is 0.426. The van der Waals surface area contributed by atoms with E-state index in [4.69, 9.17) is 0 Å². The predicted octanol–water partition coefficient (Wildman–Crippen LogP) is 4.12. The Morgan fingerprint density at radius 1 is 1.19 bits per heavy atom. The number of nitrogens with one attached hydrogen (secondary N) is 1. The van der Waals surface area contributed by atoms with E-state index >= 15 is 0 Å². The zero-order valence-electron chi connectivity index (χ0n) is 10.3. The average molecular weight is 237 g/mol. The second-order valence-corrected chi connectivity index (χ2v) is 6.37. The Morgan fingerprint density at radius 2 is 1.94 bits per heavy atom. The van der Waals surface area contributed by atoms with E-state index in [-0.39, 0.29) is 0 Å². The minimum Gasteiger partial charge on any atom is -0.312 e. The molecule has 1 saturated carbocycles. The third-order valence-corrected chi connectivity index (χ3v) is 4.50. The summed E-state index contributed by atoms with van der Waals surface area (Å²) in [6.07, 6.45) is 8.70. The summed E-state index contributed by atoms with van der Waals surface area (Å²) in [5.74, 6) is 0.934. The first-order valence-electron chi connectivity index (χ1n) is 6.60. The monoisotopic (exact) mass is 237 g/mol. The lowest BCUT2D eigenvalue weighted by atomic mass is 10.0. The van der Waals surface area contributed by atoms with E-state index in [2.05, 4.69) is 24.4 Å². The summed E-state index contributed by atoms with van der Waals surface area (Å²) in [5.41, 5.74) is 0. The second kappa shape index (κ2) is 6.41. The van der Waals surface area contributed by atoms with E-state index in [1.54, 1.807) is 0 Å². The maximum Gasteiger partial charge on any atom is 0.0299 e. The highest BCUT2D eigenvalue weighted by Gasteiger charge is 2.11. The minimum absolute atomic E-state index is 0.934. The molecule has 1 heterocycles. The molecule has 0 unspecified atom stereocenters. The van der Waals surface area contributed by atoms with Gasteiger partial charge in [0.15, 0.2) is 0 Å². The highest BCUT2D eigenvalue weighted by atomic mass is 32.1. The van der Waals surface area contributed by atoms with Gasteiger partial charge in [-0.15, -0.1) is 11.3 Å². The molecule has 90 valence electrons. The molecule has 0 saturated heterocycles. The zero-order chi connectivity index (χ0) is 11.2. The van der Waals surface area contributed by atoms with E-state index in [1.165, 1.54) is 54.8 Å². The summed E-state index contributed by atoms with van der Waals surface area (Å²) in [4.78, 5) is 2.90. The number of thiophene rings is 1. The Hall–Kier alpha value is -0.340. The van der Waals surface area contributed by atoms with Crippen LogP contribution in [0.4, 0.5) is 0 Å². The molecule has 1 N–H and O–H groups in total. The van der Waals surface area contributed by atoms with Crippen LogP contribution in [-0.2, 0) is 6.54 Å². The second-order valence-electron chi connectivity index (χ2n) is 5.00. The smallest absolute Gasteiger partial charge is 0.0299 e. The van der Waals surface area contributed by atoms with Gasteiger partial charge < -0.3 is 5.32 Å². The van der Waals surface area contributed by atoms with Crippen molar-refractivity contribution < 1.29 is 0 Å². The van der Waals surface area contributed by atoms with Crippen LogP contribution in [0.15, 0.2) is 12.1 Å². The van der Waals surface area contributed by atoms with Gasteiger partial charge in [-0.3, -0.25) is 0 Å². The van der Waals surface area contributed by atoms with Gasteiger partial charge in [-0.25, -0.2) is 0 Å². The SMILES string of the molecule is Cc1ccc(CNCC2CCCCCC2)s1. The van der Waals surface area contributed by atoms with Crippen molar-refractivity contribution in [2.45, 2.75) is 52.0 Å². The van der Waals surface area contributed by atoms with Crippen LogP contribution in [-0.4, -0.2) is 6.54 Å². The maximum absolute atomic E-state index is 3.62. The van der Waals surface area contributed by atoms with Gasteiger partial charge in [0.1, 0.15) is 0 Å². The lowest BCUT2D eigenvalue weighted by Crippen LogP contribution is -2.21.